The van der Waals surface area contributed by atoms with Crippen LogP contribution < -0.4 is 21.3 Å². The number of nitrogens with zero attached hydrogens (tertiary/aromatic N) is 6. The van der Waals surface area contributed by atoms with Gasteiger partial charge in [0.1, 0.15) is 11.0 Å². The summed E-state index contributed by atoms with van der Waals surface area (Å²) in [5.41, 5.74) is 4.14. The summed E-state index contributed by atoms with van der Waals surface area (Å²) >= 11 is 0. The molecule has 0 spiro atoms. The first-order valence-electron chi connectivity index (χ1n) is 13.9. The van der Waals surface area contributed by atoms with Gasteiger partial charge in [-0.3, -0.25) is 9.59 Å². The molecule has 0 amide bonds. The fraction of sp³-hybridized carbons (Fsp3) is 0.258. The molecule has 6 heterocycles. The van der Waals surface area contributed by atoms with Crippen LogP contribution >= 0.6 is 0 Å². The average molecular weight is 563 g/mol. The lowest BCUT2D eigenvalue weighted by Crippen LogP contribution is -2.23. The standard InChI is InChI=1S/C31H30N8O3/c1-4-13-38-29(41)22-16-32-30(36-28(22)39(38)24-7-5-6-23(34-24)31(2,3)42)33-20-10-8-18(9-11-20)21-15-25(40)35-26-19-12-14-37(17-19)27(21)26/h4-11,15-16,19,42H,1,12-14,17H2,2-3H3,(H,35,40)(H,32,33,36). The van der Waals surface area contributed by atoms with E-state index in [2.05, 4.69) is 31.7 Å². The predicted octanol–water partition coefficient (Wildman–Crippen LogP) is 3.80. The summed E-state index contributed by atoms with van der Waals surface area (Å²) in [7, 11) is 0. The third kappa shape index (κ3) is 4.20. The van der Waals surface area contributed by atoms with Gasteiger partial charge in [-0.25, -0.2) is 19.3 Å². The van der Waals surface area contributed by atoms with Crippen LogP contribution in [0.4, 0.5) is 17.3 Å². The number of rotatable bonds is 7. The van der Waals surface area contributed by atoms with Crippen molar-refractivity contribution in [3.8, 4) is 16.9 Å². The van der Waals surface area contributed by atoms with Crippen LogP contribution in [0.5, 0.6) is 0 Å². The van der Waals surface area contributed by atoms with E-state index in [9.17, 15) is 14.7 Å². The number of aliphatic hydroxyl groups is 1. The number of anilines is 3. The Balaban J connectivity index is 1.25. The van der Waals surface area contributed by atoms with Crippen LogP contribution in [-0.4, -0.2) is 47.5 Å². The summed E-state index contributed by atoms with van der Waals surface area (Å²) in [6.07, 6.45) is 4.20. The number of aromatic amines is 1. The van der Waals surface area contributed by atoms with Crippen molar-refractivity contribution in [2.75, 3.05) is 23.3 Å². The molecule has 4 aromatic heterocycles. The van der Waals surface area contributed by atoms with Crippen molar-refractivity contribution >= 4 is 28.4 Å². The minimum Gasteiger partial charge on any atom is -0.384 e. The summed E-state index contributed by atoms with van der Waals surface area (Å²) in [6, 6.07) is 14.7. The van der Waals surface area contributed by atoms with Gasteiger partial charge in [0.2, 0.25) is 11.5 Å². The highest BCUT2D eigenvalue weighted by molar-refractivity contribution is 5.84. The zero-order valence-electron chi connectivity index (χ0n) is 23.3. The van der Waals surface area contributed by atoms with Crippen molar-refractivity contribution in [1.82, 2.24) is 29.3 Å². The van der Waals surface area contributed by atoms with Crippen LogP contribution in [0.3, 0.4) is 0 Å². The highest BCUT2D eigenvalue weighted by Gasteiger charge is 2.37. The Labute approximate surface area is 240 Å². The zero-order chi connectivity index (χ0) is 29.2. The van der Waals surface area contributed by atoms with E-state index < -0.39 is 5.60 Å². The number of nitrogens with one attached hydrogen (secondary N) is 2. The maximum absolute atomic E-state index is 13.3. The third-order valence-corrected chi connectivity index (χ3v) is 7.96. The van der Waals surface area contributed by atoms with E-state index in [4.69, 9.17) is 4.98 Å². The van der Waals surface area contributed by atoms with E-state index in [-0.39, 0.29) is 17.7 Å². The zero-order valence-corrected chi connectivity index (χ0v) is 23.3. The molecule has 5 aromatic rings. The van der Waals surface area contributed by atoms with Crippen LogP contribution in [0.2, 0.25) is 0 Å². The first-order chi connectivity index (χ1) is 20.2. The second-order valence-corrected chi connectivity index (χ2v) is 11.3. The van der Waals surface area contributed by atoms with Crippen molar-refractivity contribution in [2.24, 2.45) is 0 Å². The van der Waals surface area contributed by atoms with E-state index in [1.165, 1.54) is 10.9 Å². The Morgan fingerprint density at radius 3 is 2.74 bits per heavy atom. The first kappa shape index (κ1) is 25.9. The topological polar surface area (TPSA) is 134 Å². The Bertz CT molecular complexity index is 1980. The van der Waals surface area contributed by atoms with E-state index >= 15 is 0 Å². The molecule has 0 radical (unpaired) electrons. The molecular weight excluding hydrogens is 532 g/mol. The Kier molecular flexibility index (Phi) is 5.87. The van der Waals surface area contributed by atoms with Crippen LogP contribution in [0.1, 0.15) is 37.6 Å². The molecule has 1 unspecified atom stereocenters. The van der Waals surface area contributed by atoms with E-state index in [0.717, 1.165) is 47.7 Å². The molecule has 11 heteroatoms. The maximum atomic E-state index is 13.3. The van der Waals surface area contributed by atoms with Crippen molar-refractivity contribution in [3.63, 3.8) is 0 Å². The molecule has 1 atom stereocenters. The minimum atomic E-state index is -1.17. The normalized spacial score (nSPS) is 15.8. The monoisotopic (exact) mass is 562 g/mol. The second kappa shape index (κ2) is 9.52. The quantitative estimate of drug-likeness (QED) is 0.255. The lowest BCUT2D eigenvalue weighted by molar-refractivity contribution is 0.0738. The number of hydrogen-bond acceptors (Lipinski definition) is 8. The molecule has 42 heavy (non-hydrogen) atoms. The molecule has 11 nitrogen and oxygen atoms in total. The van der Waals surface area contributed by atoms with Crippen LogP contribution in [-0.2, 0) is 12.1 Å². The Morgan fingerprint density at radius 1 is 1.17 bits per heavy atom. The van der Waals surface area contributed by atoms with Gasteiger partial charge in [0.15, 0.2) is 11.5 Å². The molecular formula is C31H30N8O3. The summed E-state index contributed by atoms with van der Waals surface area (Å²) in [5.74, 6) is 1.14. The van der Waals surface area contributed by atoms with Gasteiger partial charge < -0.3 is 20.3 Å². The highest BCUT2D eigenvalue weighted by Crippen LogP contribution is 2.46. The van der Waals surface area contributed by atoms with Gasteiger partial charge >= 0.3 is 0 Å². The van der Waals surface area contributed by atoms with Gasteiger partial charge in [-0.1, -0.05) is 24.3 Å². The summed E-state index contributed by atoms with van der Waals surface area (Å²) in [5, 5.41) is 14.1. The number of pyridine rings is 2. The Hall–Kier alpha value is -5.03. The van der Waals surface area contributed by atoms with E-state index in [1.807, 2.05) is 24.3 Å². The molecule has 1 aromatic carbocycles. The average Bonchev–Trinajstić information content (AvgIpc) is 3.66. The third-order valence-electron chi connectivity index (χ3n) is 7.96. The smallest absolute Gasteiger partial charge is 0.278 e. The number of allylic oxidation sites excluding steroid dienone is 1. The van der Waals surface area contributed by atoms with Gasteiger partial charge in [-0.15, -0.1) is 6.58 Å². The molecule has 0 saturated carbocycles. The Morgan fingerprint density at radius 2 is 1.98 bits per heavy atom. The lowest BCUT2D eigenvalue weighted by Gasteiger charge is -2.21. The first-order valence-corrected chi connectivity index (χ1v) is 13.9. The fourth-order valence-corrected chi connectivity index (χ4v) is 5.98. The van der Waals surface area contributed by atoms with Crippen LogP contribution in [0, 0.1) is 0 Å². The molecule has 2 bridgehead atoms. The molecule has 212 valence electrons. The van der Waals surface area contributed by atoms with Gasteiger partial charge in [0.25, 0.3) is 5.56 Å². The minimum absolute atomic E-state index is 0.0848. The summed E-state index contributed by atoms with van der Waals surface area (Å²) < 4.78 is 3.12. The van der Waals surface area contributed by atoms with Gasteiger partial charge in [0, 0.05) is 48.2 Å². The molecule has 7 rings (SSSR count). The van der Waals surface area contributed by atoms with Crippen molar-refractivity contribution in [2.45, 2.75) is 38.3 Å². The van der Waals surface area contributed by atoms with E-state index in [1.54, 1.807) is 48.9 Å². The number of benzene rings is 1. The molecule has 2 aliphatic heterocycles. The number of aromatic nitrogens is 6. The number of fused-ring (bicyclic) bond motifs is 6. The fourth-order valence-electron chi connectivity index (χ4n) is 5.98. The number of hydrogen-bond donors (Lipinski definition) is 3. The van der Waals surface area contributed by atoms with Crippen LogP contribution in [0.25, 0.3) is 28.0 Å². The number of H-pyrrole nitrogens is 1. The maximum Gasteiger partial charge on any atom is 0.278 e. The van der Waals surface area contributed by atoms with Crippen molar-refractivity contribution in [3.05, 3.63) is 99.5 Å². The second-order valence-electron chi connectivity index (χ2n) is 11.3. The predicted molar refractivity (Wildman–Crippen MR) is 162 cm³/mol. The molecule has 1 fully saturated rings. The highest BCUT2D eigenvalue weighted by atomic mass is 16.3. The van der Waals surface area contributed by atoms with Gasteiger partial charge in [0.05, 0.1) is 17.9 Å². The SMILES string of the molecule is C=CCn1c(=O)c2cnc(Nc3ccc(-c4cc(=O)[nH]c5c4N4CCC5C4)cc3)nc2n1-c1cccc(C(C)(C)O)n1. The molecule has 2 aliphatic rings. The van der Waals surface area contributed by atoms with Crippen molar-refractivity contribution in [1.29, 1.82) is 0 Å². The summed E-state index contributed by atoms with van der Waals surface area (Å²) in [4.78, 5) is 44.8. The van der Waals surface area contributed by atoms with Crippen LogP contribution in [0.15, 0.2) is 77.0 Å². The van der Waals surface area contributed by atoms with E-state index in [0.29, 0.717) is 34.4 Å². The molecule has 0 aliphatic carbocycles. The largest absolute Gasteiger partial charge is 0.384 e. The van der Waals surface area contributed by atoms with Crippen molar-refractivity contribution < 1.29 is 5.11 Å². The molecule has 3 N–H and O–H groups in total. The van der Waals surface area contributed by atoms with Gasteiger partial charge in [-0.2, -0.15) is 4.98 Å². The van der Waals surface area contributed by atoms with Gasteiger partial charge in [-0.05, 0) is 50.1 Å². The molecule has 1 saturated heterocycles. The summed E-state index contributed by atoms with van der Waals surface area (Å²) in [6.45, 7) is 9.30. The lowest BCUT2D eigenvalue weighted by atomic mass is 9.97.